The van der Waals surface area contributed by atoms with E-state index in [2.05, 4.69) is 15.5 Å². The van der Waals surface area contributed by atoms with Crippen LogP contribution < -0.4 is 4.74 Å². The van der Waals surface area contributed by atoms with Gasteiger partial charge in [0, 0.05) is 12.6 Å². The zero-order valence-electron chi connectivity index (χ0n) is 18.0. The van der Waals surface area contributed by atoms with Crippen molar-refractivity contribution in [2.45, 2.75) is 49.8 Å². The van der Waals surface area contributed by atoms with Gasteiger partial charge in [0.15, 0.2) is 0 Å². The number of amides is 1. The Labute approximate surface area is 190 Å². The summed E-state index contributed by atoms with van der Waals surface area (Å²) in [6.45, 7) is 0.480. The molecule has 0 N–H and O–H groups in total. The van der Waals surface area contributed by atoms with Crippen molar-refractivity contribution in [1.82, 2.24) is 25.1 Å². The second-order valence-electron chi connectivity index (χ2n) is 7.80. The smallest absolute Gasteiger partial charge is 0.233 e. The van der Waals surface area contributed by atoms with Crippen LogP contribution in [0.2, 0.25) is 0 Å². The Hall–Kier alpha value is -2.94. The van der Waals surface area contributed by atoms with Crippen molar-refractivity contribution < 1.29 is 13.9 Å². The number of tetrazole rings is 1. The van der Waals surface area contributed by atoms with Crippen LogP contribution >= 0.6 is 11.8 Å². The maximum Gasteiger partial charge on any atom is 0.233 e. The molecule has 168 valence electrons. The minimum atomic E-state index is -0.273. The van der Waals surface area contributed by atoms with Crippen LogP contribution in [0.5, 0.6) is 5.75 Å². The van der Waals surface area contributed by atoms with Gasteiger partial charge in [0.05, 0.1) is 18.6 Å². The van der Waals surface area contributed by atoms with Gasteiger partial charge in [-0.2, -0.15) is 4.68 Å². The molecular formula is C23H26FN5O2S. The molecule has 0 radical (unpaired) electrons. The molecule has 4 rings (SSSR count). The number of hydrogen-bond donors (Lipinski definition) is 0. The Bertz CT molecular complexity index is 1020. The van der Waals surface area contributed by atoms with Gasteiger partial charge in [-0.1, -0.05) is 43.2 Å². The molecule has 1 aliphatic carbocycles. The molecule has 3 aromatic rings. The first-order chi connectivity index (χ1) is 15.6. The lowest BCUT2D eigenvalue weighted by molar-refractivity contribution is -0.132. The molecule has 7 nitrogen and oxygen atoms in total. The lowest BCUT2D eigenvalue weighted by atomic mass is 9.94. The third kappa shape index (κ3) is 5.45. The number of carbonyl (C=O) groups excluding carboxylic acids is 1. The van der Waals surface area contributed by atoms with Crippen molar-refractivity contribution in [3.63, 3.8) is 0 Å². The molecule has 1 aliphatic rings. The zero-order chi connectivity index (χ0) is 22.3. The fraction of sp³-hybridized carbons (Fsp3) is 0.391. The normalized spacial score (nSPS) is 14.3. The second-order valence-corrected chi connectivity index (χ2v) is 8.74. The number of thioether (sulfide) groups is 1. The van der Waals surface area contributed by atoms with E-state index in [1.54, 1.807) is 23.9 Å². The molecule has 1 heterocycles. The summed E-state index contributed by atoms with van der Waals surface area (Å²) in [7, 11) is 1.61. The van der Waals surface area contributed by atoms with E-state index in [4.69, 9.17) is 4.74 Å². The monoisotopic (exact) mass is 455 g/mol. The van der Waals surface area contributed by atoms with E-state index in [1.165, 1.54) is 30.3 Å². The summed E-state index contributed by atoms with van der Waals surface area (Å²) in [5.41, 5.74) is 1.72. The zero-order valence-corrected chi connectivity index (χ0v) is 18.8. The maximum absolute atomic E-state index is 13.3. The number of rotatable bonds is 8. The molecule has 0 saturated heterocycles. The van der Waals surface area contributed by atoms with Crippen LogP contribution in [-0.4, -0.2) is 49.9 Å². The van der Waals surface area contributed by atoms with Gasteiger partial charge in [0.2, 0.25) is 11.1 Å². The van der Waals surface area contributed by atoms with Gasteiger partial charge < -0.3 is 9.64 Å². The molecule has 0 unspecified atom stereocenters. The van der Waals surface area contributed by atoms with E-state index in [0.717, 1.165) is 42.7 Å². The third-order valence-electron chi connectivity index (χ3n) is 5.68. The summed E-state index contributed by atoms with van der Waals surface area (Å²) in [6.07, 6.45) is 5.46. The first kappa shape index (κ1) is 22.3. The summed E-state index contributed by atoms with van der Waals surface area (Å²) in [5.74, 6) is 0.740. The first-order valence-electron chi connectivity index (χ1n) is 10.7. The van der Waals surface area contributed by atoms with Crippen LogP contribution in [0.25, 0.3) is 5.69 Å². The highest BCUT2D eigenvalue weighted by Gasteiger charge is 2.26. The highest BCUT2D eigenvalue weighted by Crippen LogP contribution is 2.26. The number of aromatic nitrogens is 4. The van der Waals surface area contributed by atoms with Crippen molar-refractivity contribution in [2.75, 3.05) is 12.9 Å². The number of carbonyl (C=O) groups is 1. The van der Waals surface area contributed by atoms with Crippen molar-refractivity contribution in [3.8, 4) is 11.4 Å². The van der Waals surface area contributed by atoms with Gasteiger partial charge in [0.1, 0.15) is 11.6 Å². The molecule has 9 heteroatoms. The average molecular weight is 456 g/mol. The van der Waals surface area contributed by atoms with E-state index in [0.29, 0.717) is 11.7 Å². The molecule has 0 atom stereocenters. The first-order valence-corrected chi connectivity index (χ1v) is 11.7. The highest BCUT2D eigenvalue weighted by atomic mass is 32.2. The third-order valence-corrected chi connectivity index (χ3v) is 6.59. The summed E-state index contributed by atoms with van der Waals surface area (Å²) in [5, 5.41) is 12.5. The van der Waals surface area contributed by atoms with Crippen LogP contribution in [0.4, 0.5) is 4.39 Å². The minimum absolute atomic E-state index is 0.0375. The quantitative estimate of drug-likeness (QED) is 0.473. The van der Waals surface area contributed by atoms with Crippen LogP contribution in [0.1, 0.15) is 37.7 Å². The van der Waals surface area contributed by atoms with E-state index in [-0.39, 0.29) is 23.5 Å². The van der Waals surface area contributed by atoms with E-state index in [9.17, 15) is 9.18 Å². The standard InChI is InChI=1S/C23H26FN5O2S/c1-31-21-13-11-20(12-14-21)29-23(25-26-27-29)32-16-22(30)28(19-5-3-2-4-6-19)15-17-7-9-18(24)10-8-17/h7-14,19H,2-6,15-16H2,1H3. The molecule has 0 aliphatic heterocycles. The summed E-state index contributed by atoms with van der Waals surface area (Å²) < 4.78 is 20.1. The SMILES string of the molecule is COc1ccc(-n2nnnc2SCC(=O)N(Cc2ccc(F)cc2)C2CCCCC2)cc1. The van der Waals surface area contributed by atoms with Crippen molar-refractivity contribution in [2.24, 2.45) is 0 Å². The minimum Gasteiger partial charge on any atom is -0.497 e. The lowest BCUT2D eigenvalue weighted by Crippen LogP contribution is -2.42. The predicted molar refractivity (Wildman–Crippen MR) is 120 cm³/mol. The Balaban J connectivity index is 1.46. The van der Waals surface area contributed by atoms with E-state index in [1.807, 2.05) is 29.2 Å². The number of nitrogens with zero attached hydrogens (tertiary/aromatic N) is 5. The second kappa shape index (κ2) is 10.6. The van der Waals surface area contributed by atoms with Gasteiger partial charge in [-0.15, -0.1) is 5.10 Å². The molecule has 1 fully saturated rings. The summed E-state index contributed by atoms with van der Waals surface area (Å²) >= 11 is 1.32. The summed E-state index contributed by atoms with van der Waals surface area (Å²) in [4.78, 5) is 15.2. The topological polar surface area (TPSA) is 73.1 Å². The number of benzene rings is 2. The maximum atomic E-state index is 13.3. The van der Waals surface area contributed by atoms with Crippen molar-refractivity contribution in [1.29, 1.82) is 0 Å². The molecule has 0 bridgehead atoms. The number of halogens is 1. The molecule has 2 aromatic carbocycles. The lowest BCUT2D eigenvalue weighted by Gasteiger charge is -2.34. The Morgan fingerprint density at radius 1 is 1.12 bits per heavy atom. The number of ether oxygens (including phenoxy) is 1. The van der Waals surface area contributed by atoms with Gasteiger partial charge in [0.25, 0.3) is 0 Å². The highest BCUT2D eigenvalue weighted by molar-refractivity contribution is 7.99. The van der Waals surface area contributed by atoms with E-state index >= 15 is 0 Å². The molecule has 0 spiro atoms. The van der Waals surface area contributed by atoms with Crippen LogP contribution in [0, 0.1) is 5.82 Å². The van der Waals surface area contributed by atoms with Crippen LogP contribution in [-0.2, 0) is 11.3 Å². The van der Waals surface area contributed by atoms with Gasteiger partial charge in [-0.25, -0.2) is 4.39 Å². The molecule has 32 heavy (non-hydrogen) atoms. The molecule has 1 amide bonds. The number of methoxy groups -OCH3 is 1. The average Bonchev–Trinajstić information content (AvgIpc) is 3.31. The van der Waals surface area contributed by atoms with Crippen LogP contribution in [0.3, 0.4) is 0 Å². The Morgan fingerprint density at radius 3 is 2.53 bits per heavy atom. The Kier molecular flexibility index (Phi) is 7.36. The van der Waals surface area contributed by atoms with Crippen molar-refractivity contribution >= 4 is 17.7 Å². The fourth-order valence-corrected chi connectivity index (χ4v) is 4.74. The van der Waals surface area contributed by atoms with E-state index < -0.39 is 0 Å². The molecule has 1 saturated carbocycles. The molecule has 1 aromatic heterocycles. The predicted octanol–water partition coefficient (Wildman–Crippen LogP) is 4.26. The van der Waals surface area contributed by atoms with Crippen molar-refractivity contribution in [3.05, 3.63) is 59.9 Å². The fourth-order valence-electron chi connectivity index (χ4n) is 3.96. The van der Waals surface area contributed by atoms with Gasteiger partial charge >= 0.3 is 0 Å². The summed E-state index contributed by atoms with van der Waals surface area (Å²) in [6, 6.07) is 14.0. The largest absolute Gasteiger partial charge is 0.497 e. The van der Waals surface area contributed by atoms with Gasteiger partial charge in [-0.05, 0) is 65.2 Å². The number of hydrogen-bond acceptors (Lipinski definition) is 6. The Morgan fingerprint density at radius 2 is 1.84 bits per heavy atom. The van der Waals surface area contributed by atoms with Crippen LogP contribution in [0.15, 0.2) is 53.7 Å². The molecular weight excluding hydrogens is 429 g/mol. The van der Waals surface area contributed by atoms with Gasteiger partial charge in [-0.3, -0.25) is 4.79 Å².